The van der Waals surface area contributed by atoms with Gasteiger partial charge in [-0.2, -0.15) is 0 Å². The second-order valence-electron chi connectivity index (χ2n) is 10.7. The maximum absolute atomic E-state index is 13.4. The zero-order chi connectivity index (χ0) is 26.8. The Morgan fingerprint density at radius 2 is 1.87 bits per heavy atom. The van der Waals surface area contributed by atoms with E-state index in [-0.39, 0.29) is 35.5 Å². The van der Waals surface area contributed by atoms with Crippen molar-refractivity contribution in [3.8, 4) is 5.75 Å². The molecule has 2 aromatic rings. The molecule has 0 unspecified atom stereocenters. The molecule has 3 aliphatic rings. The number of hydrogen-bond donors (Lipinski definition) is 2. The number of benzene rings is 2. The van der Waals surface area contributed by atoms with E-state index in [4.69, 9.17) is 4.65 Å². The first-order valence-corrected chi connectivity index (χ1v) is 13.9. The van der Waals surface area contributed by atoms with E-state index in [0.717, 1.165) is 35.1 Å². The van der Waals surface area contributed by atoms with Crippen molar-refractivity contribution in [2.75, 3.05) is 6.54 Å². The minimum absolute atomic E-state index is 0.0511. The summed E-state index contributed by atoms with van der Waals surface area (Å²) in [5.74, 6) is -0.821. The van der Waals surface area contributed by atoms with Gasteiger partial charge >= 0.3 is 7.12 Å². The van der Waals surface area contributed by atoms with Gasteiger partial charge in [0.15, 0.2) is 0 Å². The van der Waals surface area contributed by atoms with Gasteiger partial charge in [-0.15, -0.1) is 0 Å². The van der Waals surface area contributed by atoms with Crippen molar-refractivity contribution in [3.63, 3.8) is 0 Å². The molecule has 2 amide bonds. The SMILES string of the molecule is CCCN1C(=O)[C@@H]2[C@@H](CC(CC)=C3[C@@H](CC/C(=C/c4cccc(O)c4)c4ccccc4)OB(O)C[C@@H]32)C1=O. The van der Waals surface area contributed by atoms with E-state index in [1.807, 2.05) is 37.3 Å². The normalized spacial score (nSPS) is 25.6. The first kappa shape index (κ1) is 26.5. The van der Waals surface area contributed by atoms with Crippen LogP contribution in [0.3, 0.4) is 0 Å². The lowest BCUT2D eigenvalue weighted by Crippen LogP contribution is -2.46. The molecule has 2 saturated heterocycles. The average molecular weight is 513 g/mol. The number of rotatable bonds is 8. The lowest BCUT2D eigenvalue weighted by Gasteiger charge is -2.43. The Labute approximate surface area is 225 Å². The maximum atomic E-state index is 13.4. The van der Waals surface area contributed by atoms with Gasteiger partial charge in [-0.3, -0.25) is 14.5 Å². The van der Waals surface area contributed by atoms with Crippen molar-refractivity contribution < 1.29 is 24.4 Å². The number of carbonyl (C=O) groups is 2. The molecule has 0 radical (unpaired) electrons. The number of allylic oxidation sites excluding steroid dienone is 2. The topological polar surface area (TPSA) is 87.1 Å². The van der Waals surface area contributed by atoms with E-state index in [1.54, 1.807) is 12.1 Å². The van der Waals surface area contributed by atoms with Gasteiger partial charge < -0.3 is 14.8 Å². The number of hydrogen-bond acceptors (Lipinski definition) is 5. The second-order valence-corrected chi connectivity index (χ2v) is 10.7. The van der Waals surface area contributed by atoms with Gasteiger partial charge in [-0.05, 0) is 78.7 Å². The minimum atomic E-state index is -0.969. The summed E-state index contributed by atoms with van der Waals surface area (Å²) < 4.78 is 6.15. The Kier molecular flexibility index (Phi) is 7.87. The fraction of sp³-hybridized carbons (Fsp3) is 0.419. The summed E-state index contributed by atoms with van der Waals surface area (Å²) in [7, 11) is -0.969. The molecule has 2 aliphatic heterocycles. The first-order valence-electron chi connectivity index (χ1n) is 13.9. The third-order valence-corrected chi connectivity index (χ3v) is 8.30. The van der Waals surface area contributed by atoms with Crippen LogP contribution in [0.2, 0.25) is 6.32 Å². The molecule has 7 heteroatoms. The predicted octanol–water partition coefficient (Wildman–Crippen LogP) is 5.33. The van der Waals surface area contributed by atoms with Crippen LogP contribution in [-0.4, -0.2) is 46.6 Å². The highest BCUT2D eigenvalue weighted by Crippen LogP contribution is 2.51. The summed E-state index contributed by atoms with van der Waals surface area (Å²) in [5.41, 5.74) is 5.43. The van der Waals surface area contributed by atoms with E-state index in [9.17, 15) is 19.7 Å². The van der Waals surface area contributed by atoms with Crippen LogP contribution in [0.4, 0.5) is 0 Å². The first-order chi connectivity index (χ1) is 18.4. The molecule has 198 valence electrons. The Balaban J connectivity index is 1.45. The number of likely N-dealkylation sites (tertiary alicyclic amines) is 1. The van der Waals surface area contributed by atoms with Crippen molar-refractivity contribution in [2.45, 2.75) is 58.4 Å². The van der Waals surface area contributed by atoms with E-state index < -0.39 is 13.0 Å². The molecule has 1 aliphatic carbocycles. The molecular weight excluding hydrogens is 477 g/mol. The van der Waals surface area contributed by atoms with Crippen LogP contribution in [0.25, 0.3) is 11.6 Å². The summed E-state index contributed by atoms with van der Waals surface area (Å²) in [6.07, 6.45) is 5.57. The maximum Gasteiger partial charge on any atom is 0.455 e. The van der Waals surface area contributed by atoms with E-state index in [2.05, 4.69) is 25.1 Å². The minimum Gasteiger partial charge on any atom is -0.508 e. The highest BCUT2D eigenvalue weighted by Gasteiger charge is 2.56. The van der Waals surface area contributed by atoms with Crippen LogP contribution in [0.1, 0.15) is 57.1 Å². The Morgan fingerprint density at radius 1 is 1.08 bits per heavy atom. The Bertz CT molecular complexity index is 1260. The lowest BCUT2D eigenvalue weighted by atomic mass is 9.58. The van der Waals surface area contributed by atoms with Crippen molar-refractivity contribution in [3.05, 3.63) is 76.9 Å². The molecule has 5 rings (SSSR count). The van der Waals surface area contributed by atoms with Crippen LogP contribution < -0.4 is 0 Å². The summed E-state index contributed by atoms with van der Waals surface area (Å²) in [4.78, 5) is 28.0. The van der Waals surface area contributed by atoms with Crippen LogP contribution in [0.5, 0.6) is 5.75 Å². The number of phenols is 1. The number of aromatic hydroxyl groups is 1. The Morgan fingerprint density at radius 3 is 2.58 bits per heavy atom. The molecular formula is C31H36BNO5. The van der Waals surface area contributed by atoms with E-state index in [0.29, 0.717) is 32.1 Å². The fourth-order valence-corrected chi connectivity index (χ4v) is 6.67. The molecule has 2 heterocycles. The van der Waals surface area contributed by atoms with Crippen LogP contribution >= 0.6 is 0 Å². The van der Waals surface area contributed by atoms with E-state index in [1.165, 1.54) is 10.5 Å². The van der Waals surface area contributed by atoms with Crippen molar-refractivity contribution in [1.82, 2.24) is 4.90 Å². The van der Waals surface area contributed by atoms with Crippen LogP contribution in [-0.2, 0) is 14.2 Å². The standard InChI is InChI=1S/C31H36BNO5/c1-3-15-33-30(35)25-18-21(4-2)28-26(29(25)31(33)36)19-32(37)38-27(28)14-13-23(22-10-6-5-7-11-22)16-20-9-8-12-24(34)17-20/h5-12,16-17,25-27,29,34,37H,3-4,13-15,18-19H2,1-2H3/b23-16-/t25-,26+,27-,29-/m1/s1. The van der Waals surface area contributed by atoms with Gasteiger partial charge in [0.05, 0.1) is 17.9 Å². The summed E-state index contributed by atoms with van der Waals surface area (Å²) >= 11 is 0. The van der Waals surface area contributed by atoms with Gasteiger partial charge in [0.25, 0.3) is 0 Å². The highest BCUT2D eigenvalue weighted by atomic mass is 16.5. The summed E-state index contributed by atoms with van der Waals surface area (Å²) in [6.45, 7) is 4.54. The number of amides is 2. The monoisotopic (exact) mass is 513 g/mol. The van der Waals surface area contributed by atoms with Gasteiger partial charge in [-0.1, -0.05) is 68.0 Å². The average Bonchev–Trinajstić information content (AvgIpc) is 3.15. The van der Waals surface area contributed by atoms with Gasteiger partial charge in [-0.25, -0.2) is 0 Å². The smallest absolute Gasteiger partial charge is 0.455 e. The predicted molar refractivity (Wildman–Crippen MR) is 149 cm³/mol. The molecule has 38 heavy (non-hydrogen) atoms. The molecule has 2 N–H and O–H groups in total. The number of fused-ring (bicyclic) bond motifs is 3. The molecule has 4 atom stereocenters. The molecule has 2 fully saturated rings. The summed E-state index contributed by atoms with van der Waals surface area (Å²) in [5, 5.41) is 20.7. The van der Waals surface area contributed by atoms with Gasteiger partial charge in [0.2, 0.25) is 11.8 Å². The molecule has 0 bridgehead atoms. The van der Waals surface area contributed by atoms with Gasteiger partial charge in [0.1, 0.15) is 5.75 Å². The zero-order valence-electron chi connectivity index (χ0n) is 22.2. The Hall–Kier alpha value is -3.16. The highest BCUT2D eigenvalue weighted by molar-refractivity contribution is 6.43. The molecule has 0 spiro atoms. The summed E-state index contributed by atoms with van der Waals surface area (Å²) in [6, 6.07) is 17.3. The quantitative estimate of drug-likeness (QED) is 0.216. The largest absolute Gasteiger partial charge is 0.508 e. The number of nitrogens with zero attached hydrogens (tertiary/aromatic N) is 1. The number of phenolic OH excluding ortho intramolecular Hbond substituents is 1. The third kappa shape index (κ3) is 5.10. The fourth-order valence-electron chi connectivity index (χ4n) is 6.67. The molecule has 0 aromatic heterocycles. The van der Waals surface area contributed by atoms with Crippen LogP contribution in [0, 0.1) is 17.8 Å². The molecule has 2 aromatic carbocycles. The lowest BCUT2D eigenvalue weighted by molar-refractivity contribution is -0.140. The number of imide groups is 1. The van der Waals surface area contributed by atoms with Crippen LogP contribution in [0.15, 0.2) is 65.7 Å². The van der Waals surface area contributed by atoms with Crippen molar-refractivity contribution >= 4 is 30.6 Å². The molecule has 0 saturated carbocycles. The van der Waals surface area contributed by atoms with Crippen molar-refractivity contribution in [2.24, 2.45) is 17.8 Å². The molecule has 6 nitrogen and oxygen atoms in total. The second kappa shape index (κ2) is 11.3. The third-order valence-electron chi connectivity index (χ3n) is 8.30. The number of carbonyl (C=O) groups excluding carboxylic acids is 2. The zero-order valence-corrected chi connectivity index (χ0v) is 22.2. The van der Waals surface area contributed by atoms with E-state index >= 15 is 0 Å². The van der Waals surface area contributed by atoms with Gasteiger partial charge in [0, 0.05) is 6.54 Å². The van der Waals surface area contributed by atoms with Crippen molar-refractivity contribution in [1.29, 1.82) is 0 Å².